The molecule has 1 aliphatic rings. The molecule has 0 saturated heterocycles. The number of amides is 1. The van der Waals surface area contributed by atoms with E-state index in [4.69, 9.17) is 9.47 Å². The minimum atomic E-state index is -0.0843. The molecule has 1 atom stereocenters. The molecule has 0 spiro atoms. The van der Waals surface area contributed by atoms with Gasteiger partial charge in [-0.1, -0.05) is 37.1 Å². The van der Waals surface area contributed by atoms with E-state index >= 15 is 0 Å². The topological polar surface area (TPSA) is 84.0 Å². The van der Waals surface area contributed by atoms with Crippen molar-refractivity contribution in [3.8, 4) is 11.5 Å². The van der Waals surface area contributed by atoms with Crippen LogP contribution in [0.25, 0.3) is 0 Å². The summed E-state index contributed by atoms with van der Waals surface area (Å²) in [6.45, 7) is 3.16. The summed E-state index contributed by atoms with van der Waals surface area (Å²) >= 11 is 0. The van der Waals surface area contributed by atoms with Gasteiger partial charge in [0.2, 0.25) is 5.91 Å². The third-order valence-electron chi connectivity index (χ3n) is 5.56. The number of aliphatic imine (C=N–C) groups is 1. The lowest BCUT2D eigenvalue weighted by atomic mass is 10.1. The Morgan fingerprint density at radius 1 is 1.09 bits per heavy atom. The first-order chi connectivity index (χ1) is 15.6. The number of hydrogen-bond acceptors (Lipinski definition) is 4. The van der Waals surface area contributed by atoms with Gasteiger partial charge in [-0.3, -0.25) is 9.79 Å². The first-order valence-electron chi connectivity index (χ1n) is 11.2. The van der Waals surface area contributed by atoms with Crippen LogP contribution in [0.4, 0.5) is 5.69 Å². The Hall–Kier alpha value is -3.22. The van der Waals surface area contributed by atoms with Gasteiger partial charge in [-0.15, -0.1) is 0 Å². The van der Waals surface area contributed by atoms with Crippen LogP contribution in [0, 0.1) is 5.92 Å². The second-order valence-electron chi connectivity index (χ2n) is 8.06. The van der Waals surface area contributed by atoms with Crippen molar-refractivity contribution in [1.29, 1.82) is 0 Å². The number of anilines is 1. The number of para-hydroxylation sites is 2. The van der Waals surface area contributed by atoms with Crippen molar-refractivity contribution in [2.24, 2.45) is 10.9 Å². The van der Waals surface area contributed by atoms with Crippen LogP contribution in [0.15, 0.2) is 53.5 Å². The van der Waals surface area contributed by atoms with Crippen LogP contribution in [0.3, 0.4) is 0 Å². The van der Waals surface area contributed by atoms with Crippen molar-refractivity contribution < 1.29 is 14.3 Å². The summed E-state index contributed by atoms with van der Waals surface area (Å²) in [5.41, 5.74) is 1.90. The van der Waals surface area contributed by atoms with Gasteiger partial charge in [-0.2, -0.15) is 0 Å². The Bertz CT molecular complexity index is 910. The van der Waals surface area contributed by atoms with Crippen molar-refractivity contribution in [2.75, 3.05) is 26.0 Å². The highest BCUT2D eigenvalue weighted by atomic mass is 16.5. The summed E-state index contributed by atoms with van der Waals surface area (Å²) < 4.78 is 11.3. The molecule has 1 amide bonds. The SMILES string of the molecule is CN=C(NCc1cccc(NC(=O)C2CCCC2)c1)NCC(C)Oc1ccccc1OC. The third-order valence-corrected chi connectivity index (χ3v) is 5.56. The van der Waals surface area contributed by atoms with Crippen molar-refractivity contribution >= 4 is 17.6 Å². The predicted molar refractivity (Wildman–Crippen MR) is 128 cm³/mol. The maximum atomic E-state index is 12.4. The molecule has 0 radical (unpaired) electrons. The molecule has 3 rings (SSSR count). The second-order valence-corrected chi connectivity index (χ2v) is 8.06. The van der Waals surface area contributed by atoms with Crippen LogP contribution in [0.2, 0.25) is 0 Å². The van der Waals surface area contributed by atoms with Gasteiger partial charge in [0.1, 0.15) is 6.10 Å². The second kappa shape index (κ2) is 12.0. The van der Waals surface area contributed by atoms with Crippen molar-refractivity contribution in [3.05, 3.63) is 54.1 Å². The molecule has 1 aliphatic carbocycles. The Balaban J connectivity index is 1.46. The first-order valence-corrected chi connectivity index (χ1v) is 11.2. The van der Waals surface area contributed by atoms with Crippen LogP contribution in [-0.4, -0.2) is 38.7 Å². The molecule has 7 nitrogen and oxygen atoms in total. The summed E-state index contributed by atoms with van der Waals surface area (Å²) in [6.07, 6.45) is 4.20. The Morgan fingerprint density at radius 3 is 2.56 bits per heavy atom. The molecule has 0 aromatic heterocycles. The van der Waals surface area contributed by atoms with E-state index in [1.165, 1.54) is 0 Å². The number of methoxy groups -OCH3 is 1. The fraction of sp³-hybridized carbons (Fsp3) is 0.440. The third kappa shape index (κ3) is 6.90. The largest absolute Gasteiger partial charge is 0.493 e. The zero-order valence-corrected chi connectivity index (χ0v) is 19.2. The van der Waals surface area contributed by atoms with E-state index < -0.39 is 0 Å². The molecule has 7 heteroatoms. The maximum Gasteiger partial charge on any atom is 0.227 e. The fourth-order valence-electron chi connectivity index (χ4n) is 3.81. The molecule has 2 aromatic carbocycles. The molecular weight excluding hydrogens is 404 g/mol. The molecule has 1 unspecified atom stereocenters. The number of carbonyl (C=O) groups excluding carboxylic acids is 1. The van der Waals surface area contributed by atoms with Gasteiger partial charge in [0.05, 0.1) is 13.7 Å². The smallest absolute Gasteiger partial charge is 0.227 e. The van der Waals surface area contributed by atoms with E-state index in [0.29, 0.717) is 30.5 Å². The van der Waals surface area contributed by atoms with Gasteiger partial charge in [0.15, 0.2) is 17.5 Å². The normalized spacial score (nSPS) is 15.2. The van der Waals surface area contributed by atoms with Crippen LogP contribution in [0.1, 0.15) is 38.2 Å². The summed E-state index contributed by atoms with van der Waals surface area (Å²) in [5.74, 6) is 2.39. The maximum absolute atomic E-state index is 12.4. The summed E-state index contributed by atoms with van der Waals surface area (Å²) in [5, 5.41) is 9.65. The molecule has 0 heterocycles. The van der Waals surface area contributed by atoms with Gasteiger partial charge in [0, 0.05) is 25.2 Å². The quantitative estimate of drug-likeness (QED) is 0.408. The van der Waals surface area contributed by atoms with Crippen LogP contribution in [0.5, 0.6) is 11.5 Å². The summed E-state index contributed by atoms with van der Waals surface area (Å²) in [7, 11) is 3.37. The highest BCUT2D eigenvalue weighted by Crippen LogP contribution is 2.27. The number of nitrogens with zero attached hydrogens (tertiary/aromatic N) is 1. The lowest BCUT2D eigenvalue weighted by molar-refractivity contribution is -0.119. The Kier molecular flexibility index (Phi) is 8.78. The standard InChI is InChI=1S/C25H34N4O3/c1-18(32-23-14-7-6-13-22(23)31-3)16-27-25(26-2)28-17-19-9-8-12-21(15-19)29-24(30)20-10-4-5-11-20/h6-9,12-15,18,20H,4-5,10-11,16-17H2,1-3H3,(H,29,30)(H2,26,27,28). The predicted octanol–water partition coefficient (Wildman–Crippen LogP) is 3.96. The molecule has 172 valence electrons. The number of benzene rings is 2. The van der Waals surface area contributed by atoms with Crippen molar-refractivity contribution in [2.45, 2.75) is 45.3 Å². The summed E-state index contributed by atoms with van der Waals surface area (Å²) in [4.78, 5) is 16.7. The van der Waals surface area contributed by atoms with Crippen LogP contribution >= 0.6 is 0 Å². The van der Waals surface area contributed by atoms with E-state index in [1.807, 2.05) is 55.5 Å². The highest BCUT2D eigenvalue weighted by molar-refractivity contribution is 5.92. The minimum absolute atomic E-state index is 0.0843. The van der Waals surface area contributed by atoms with Gasteiger partial charge in [-0.05, 0) is 49.6 Å². The monoisotopic (exact) mass is 438 g/mol. The van der Waals surface area contributed by atoms with E-state index in [-0.39, 0.29) is 17.9 Å². The average Bonchev–Trinajstić information content (AvgIpc) is 3.35. The number of carbonyl (C=O) groups is 1. The van der Waals surface area contributed by atoms with Gasteiger partial charge < -0.3 is 25.4 Å². The average molecular weight is 439 g/mol. The molecule has 3 N–H and O–H groups in total. The van der Waals surface area contributed by atoms with E-state index in [0.717, 1.165) is 36.9 Å². The van der Waals surface area contributed by atoms with E-state index in [9.17, 15) is 4.79 Å². The Morgan fingerprint density at radius 2 is 1.84 bits per heavy atom. The molecule has 1 saturated carbocycles. The number of hydrogen-bond donors (Lipinski definition) is 3. The van der Waals surface area contributed by atoms with Gasteiger partial charge in [0.25, 0.3) is 0 Å². The van der Waals surface area contributed by atoms with Gasteiger partial charge in [-0.25, -0.2) is 0 Å². The minimum Gasteiger partial charge on any atom is -0.493 e. The molecule has 0 bridgehead atoms. The first kappa shape index (κ1) is 23.4. The van der Waals surface area contributed by atoms with E-state index in [2.05, 4.69) is 20.9 Å². The lowest BCUT2D eigenvalue weighted by Gasteiger charge is -2.19. The summed E-state index contributed by atoms with van der Waals surface area (Å²) in [6, 6.07) is 15.5. The number of ether oxygens (including phenoxy) is 2. The zero-order chi connectivity index (χ0) is 22.8. The van der Waals surface area contributed by atoms with Gasteiger partial charge >= 0.3 is 0 Å². The number of rotatable bonds is 9. The number of guanidine groups is 1. The molecule has 0 aliphatic heterocycles. The molecule has 1 fully saturated rings. The Labute approximate surface area is 190 Å². The lowest BCUT2D eigenvalue weighted by Crippen LogP contribution is -2.41. The van der Waals surface area contributed by atoms with Crippen LogP contribution < -0.4 is 25.4 Å². The number of nitrogens with one attached hydrogen (secondary N) is 3. The fourth-order valence-corrected chi connectivity index (χ4v) is 3.81. The molecular formula is C25H34N4O3. The molecule has 32 heavy (non-hydrogen) atoms. The molecule has 2 aromatic rings. The van der Waals surface area contributed by atoms with Crippen molar-refractivity contribution in [1.82, 2.24) is 10.6 Å². The van der Waals surface area contributed by atoms with E-state index in [1.54, 1.807) is 14.2 Å². The zero-order valence-electron chi connectivity index (χ0n) is 19.2. The van der Waals surface area contributed by atoms with Crippen molar-refractivity contribution in [3.63, 3.8) is 0 Å². The van der Waals surface area contributed by atoms with Crippen LogP contribution in [-0.2, 0) is 11.3 Å². The highest BCUT2D eigenvalue weighted by Gasteiger charge is 2.22.